The summed E-state index contributed by atoms with van der Waals surface area (Å²) in [6, 6.07) is 8.20. The first-order valence-corrected chi connectivity index (χ1v) is 6.16. The van der Waals surface area contributed by atoms with Crippen molar-refractivity contribution in [2.75, 3.05) is 19.0 Å². The van der Waals surface area contributed by atoms with Gasteiger partial charge in [-0.25, -0.2) is 0 Å². The summed E-state index contributed by atoms with van der Waals surface area (Å²) in [7, 11) is 0. The topological polar surface area (TPSA) is 29.5 Å². The van der Waals surface area contributed by atoms with E-state index in [0.29, 0.717) is 19.0 Å². The van der Waals surface area contributed by atoms with Gasteiger partial charge in [-0.2, -0.15) is 0 Å². The van der Waals surface area contributed by atoms with Crippen LogP contribution in [0.4, 0.5) is 0 Å². The lowest BCUT2D eigenvalue weighted by atomic mass is 10.2. The van der Waals surface area contributed by atoms with Gasteiger partial charge in [0.1, 0.15) is 0 Å². The van der Waals surface area contributed by atoms with Crippen LogP contribution in [0.2, 0.25) is 0 Å². The Morgan fingerprint density at radius 1 is 1.40 bits per heavy atom. The fourth-order valence-corrected chi connectivity index (χ4v) is 2.15. The number of thioether (sulfide) groups is 1. The first-order chi connectivity index (χ1) is 7.24. The molecule has 2 nitrogen and oxygen atoms in total. The molecule has 0 bridgehead atoms. The van der Waals surface area contributed by atoms with Gasteiger partial charge >= 0.3 is 0 Å². The minimum atomic E-state index is -0.380. The Morgan fingerprint density at radius 2 is 2.13 bits per heavy atom. The molecule has 3 heteroatoms. The lowest BCUT2D eigenvalue weighted by Gasteiger charge is -2.10. The van der Waals surface area contributed by atoms with Crippen molar-refractivity contribution in [3.63, 3.8) is 0 Å². The molecular formula is C12H18O2S. The summed E-state index contributed by atoms with van der Waals surface area (Å²) in [4.78, 5) is 1.23. The summed E-state index contributed by atoms with van der Waals surface area (Å²) in [6.45, 7) is 5.10. The third-order valence-electron chi connectivity index (χ3n) is 2.04. The second-order valence-corrected chi connectivity index (χ2v) is 4.45. The Morgan fingerprint density at radius 3 is 2.80 bits per heavy atom. The summed E-state index contributed by atoms with van der Waals surface area (Å²) in [5.41, 5.74) is 1.26. The van der Waals surface area contributed by atoms with Crippen molar-refractivity contribution in [2.45, 2.75) is 24.8 Å². The molecule has 0 aromatic heterocycles. The zero-order valence-electron chi connectivity index (χ0n) is 9.27. The SMILES string of the molecule is CCOCC(O)CSc1ccccc1C. The zero-order chi connectivity index (χ0) is 11.1. The number of rotatable bonds is 6. The average Bonchev–Trinajstić information content (AvgIpc) is 2.25. The first-order valence-electron chi connectivity index (χ1n) is 5.18. The molecule has 1 N–H and O–H groups in total. The van der Waals surface area contributed by atoms with Gasteiger partial charge in [0.2, 0.25) is 0 Å². The van der Waals surface area contributed by atoms with Gasteiger partial charge in [0, 0.05) is 17.3 Å². The predicted molar refractivity (Wildman–Crippen MR) is 64.4 cm³/mol. The Balaban J connectivity index is 2.33. The summed E-state index contributed by atoms with van der Waals surface area (Å²) >= 11 is 1.68. The normalized spacial score (nSPS) is 12.7. The molecule has 0 heterocycles. The average molecular weight is 226 g/mol. The fraction of sp³-hybridized carbons (Fsp3) is 0.500. The van der Waals surface area contributed by atoms with Crippen molar-refractivity contribution < 1.29 is 9.84 Å². The molecule has 0 aliphatic heterocycles. The smallest absolute Gasteiger partial charge is 0.0867 e. The number of aliphatic hydroxyl groups is 1. The van der Waals surface area contributed by atoms with Gasteiger partial charge in [0.15, 0.2) is 0 Å². The van der Waals surface area contributed by atoms with E-state index in [1.807, 2.05) is 19.1 Å². The third-order valence-corrected chi connectivity index (χ3v) is 3.36. The Labute approximate surface area is 95.7 Å². The van der Waals surface area contributed by atoms with E-state index in [1.165, 1.54) is 10.5 Å². The van der Waals surface area contributed by atoms with Crippen molar-refractivity contribution in [1.82, 2.24) is 0 Å². The van der Waals surface area contributed by atoms with Gasteiger partial charge in [0.25, 0.3) is 0 Å². The van der Waals surface area contributed by atoms with E-state index in [1.54, 1.807) is 11.8 Å². The molecule has 1 aromatic rings. The van der Waals surface area contributed by atoms with Crippen LogP contribution in [0.3, 0.4) is 0 Å². The molecule has 0 saturated heterocycles. The second-order valence-electron chi connectivity index (χ2n) is 3.39. The Kier molecular flexibility index (Phi) is 5.76. The van der Waals surface area contributed by atoms with E-state index in [2.05, 4.69) is 19.1 Å². The molecule has 0 aliphatic carbocycles. The van der Waals surface area contributed by atoms with E-state index in [0.717, 1.165) is 0 Å². The van der Waals surface area contributed by atoms with Crippen LogP contribution in [0.5, 0.6) is 0 Å². The molecule has 0 saturated carbocycles. The highest BCUT2D eigenvalue weighted by atomic mass is 32.2. The number of benzene rings is 1. The van der Waals surface area contributed by atoms with Gasteiger partial charge in [-0.05, 0) is 25.5 Å². The van der Waals surface area contributed by atoms with Crippen molar-refractivity contribution in [2.24, 2.45) is 0 Å². The maximum Gasteiger partial charge on any atom is 0.0867 e. The van der Waals surface area contributed by atoms with Crippen molar-refractivity contribution >= 4 is 11.8 Å². The second kappa shape index (κ2) is 6.88. The van der Waals surface area contributed by atoms with Crippen LogP contribution >= 0.6 is 11.8 Å². The molecule has 1 atom stereocenters. The Bertz CT molecular complexity index is 289. The van der Waals surface area contributed by atoms with Crippen LogP contribution in [0, 0.1) is 6.92 Å². The first kappa shape index (κ1) is 12.6. The molecule has 0 radical (unpaired) electrons. The minimum Gasteiger partial charge on any atom is -0.390 e. The summed E-state index contributed by atoms with van der Waals surface area (Å²) in [6.07, 6.45) is -0.380. The van der Waals surface area contributed by atoms with Gasteiger partial charge in [-0.15, -0.1) is 11.8 Å². The standard InChI is InChI=1S/C12H18O2S/c1-3-14-8-11(13)9-15-12-7-5-4-6-10(12)2/h4-7,11,13H,3,8-9H2,1-2H3. The van der Waals surface area contributed by atoms with Gasteiger partial charge < -0.3 is 9.84 Å². The molecule has 0 amide bonds. The monoisotopic (exact) mass is 226 g/mol. The van der Waals surface area contributed by atoms with Crippen molar-refractivity contribution in [1.29, 1.82) is 0 Å². The highest BCUT2D eigenvalue weighted by Gasteiger charge is 2.05. The molecule has 0 fully saturated rings. The van der Waals surface area contributed by atoms with Crippen LogP contribution in [-0.2, 0) is 4.74 Å². The zero-order valence-corrected chi connectivity index (χ0v) is 10.1. The van der Waals surface area contributed by atoms with Crippen molar-refractivity contribution in [3.8, 4) is 0 Å². The highest BCUT2D eigenvalue weighted by molar-refractivity contribution is 7.99. The number of aryl methyl sites for hydroxylation is 1. The third kappa shape index (κ3) is 4.69. The summed E-state index contributed by atoms with van der Waals surface area (Å²) in [5.74, 6) is 0.685. The van der Waals surface area contributed by atoms with Gasteiger partial charge in [-0.1, -0.05) is 18.2 Å². The molecular weight excluding hydrogens is 208 g/mol. The number of hydrogen-bond acceptors (Lipinski definition) is 3. The van der Waals surface area contributed by atoms with Crippen LogP contribution in [-0.4, -0.2) is 30.2 Å². The lowest BCUT2D eigenvalue weighted by Crippen LogP contribution is -2.17. The van der Waals surface area contributed by atoms with E-state index >= 15 is 0 Å². The molecule has 0 aliphatic rings. The van der Waals surface area contributed by atoms with Crippen LogP contribution < -0.4 is 0 Å². The largest absolute Gasteiger partial charge is 0.390 e. The van der Waals surface area contributed by atoms with E-state index in [4.69, 9.17) is 4.74 Å². The lowest BCUT2D eigenvalue weighted by molar-refractivity contribution is 0.0551. The summed E-state index contributed by atoms with van der Waals surface area (Å²) in [5, 5.41) is 9.59. The van der Waals surface area contributed by atoms with Gasteiger partial charge in [0.05, 0.1) is 12.7 Å². The molecule has 1 rings (SSSR count). The molecule has 1 unspecified atom stereocenters. The molecule has 84 valence electrons. The van der Waals surface area contributed by atoms with Gasteiger partial charge in [-0.3, -0.25) is 0 Å². The van der Waals surface area contributed by atoms with E-state index in [-0.39, 0.29) is 6.10 Å². The fourth-order valence-electron chi connectivity index (χ4n) is 1.21. The van der Waals surface area contributed by atoms with E-state index in [9.17, 15) is 5.11 Å². The van der Waals surface area contributed by atoms with Crippen molar-refractivity contribution in [3.05, 3.63) is 29.8 Å². The number of hydrogen-bond donors (Lipinski definition) is 1. The maximum atomic E-state index is 9.59. The molecule has 1 aromatic carbocycles. The maximum absolute atomic E-state index is 9.59. The highest BCUT2D eigenvalue weighted by Crippen LogP contribution is 2.22. The van der Waals surface area contributed by atoms with E-state index < -0.39 is 0 Å². The van der Waals surface area contributed by atoms with Crippen LogP contribution in [0.15, 0.2) is 29.2 Å². The number of aliphatic hydroxyl groups excluding tert-OH is 1. The van der Waals surface area contributed by atoms with Crippen LogP contribution in [0.1, 0.15) is 12.5 Å². The quantitative estimate of drug-likeness (QED) is 0.756. The molecule has 0 spiro atoms. The Hall–Kier alpha value is -0.510. The van der Waals surface area contributed by atoms with Crippen LogP contribution in [0.25, 0.3) is 0 Å². The number of ether oxygens (including phenoxy) is 1. The predicted octanol–water partition coefficient (Wildman–Crippen LogP) is 2.48. The summed E-state index contributed by atoms with van der Waals surface area (Å²) < 4.78 is 5.15. The molecule has 15 heavy (non-hydrogen) atoms. The minimum absolute atomic E-state index is 0.380.